The van der Waals surface area contributed by atoms with E-state index in [9.17, 15) is 24.9 Å². The van der Waals surface area contributed by atoms with Crippen molar-refractivity contribution in [1.29, 1.82) is 0 Å². The highest BCUT2D eigenvalue weighted by Gasteiger charge is 2.65. The van der Waals surface area contributed by atoms with Gasteiger partial charge in [-0.3, -0.25) is 9.59 Å². The lowest BCUT2D eigenvalue weighted by molar-refractivity contribution is -0.207. The van der Waals surface area contributed by atoms with Crippen LogP contribution in [0.2, 0.25) is 0 Å². The molecule has 4 saturated carbocycles. The normalized spacial score (nSPS) is 47.7. The highest BCUT2D eigenvalue weighted by Crippen LogP contribution is 2.68. The maximum absolute atomic E-state index is 12.2. The molecule has 11 unspecified atom stereocenters. The highest BCUT2D eigenvalue weighted by molar-refractivity contribution is 5.84. The molecule has 4 rings (SSSR count). The van der Waals surface area contributed by atoms with Gasteiger partial charge >= 0.3 is 0 Å². The van der Waals surface area contributed by atoms with Crippen LogP contribution in [0.15, 0.2) is 0 Å². The molecule has 11 atom stereocenters. The number of carbonyl (C=O) groups is 2. The first-order chi connectivity index (χ1) is 15.5. The van der Waals surface area contributed by atoms with Gasteiger partial charge in [-0.05, 0) is 105 Å². The molecule has 6 nitrogen and oxygen atoms in total. The number of amides is 1. The Hall–Kier alpha value is -0.980. The Labute approximate surface area is 198 Å². The first-order valence-corrected chi connectivity index (χ1v) is 13.3. The van der Waals surface area contributed by atoms with Crippen LogP contribution in [0, 0.1) is 46.3 Å². The molecular weight excluding hydrogens is 418 g/mol. The highest BCUT2D eigenvalue weighted by atomic mass is 16.3. The number of nitrogens with one attached hydrogen (secondary N) is 1. The van der Waals surface area contributed by atoms with Crippen LogP contribution in [0.1, 0.15) is 85.5 Å². The zero-order chi connectivity index (χ0) is 24.1. The Balaban J connectivity index is 1.49. The van der Waals surface area contributed by atoms with Gasteiger partial charge in [0, 0.05) is 6.42 Å². The molecule has 0 spiro atoms. The Morgan fingerprint density at radius 3 is 2.45 bits per heavy atom. The second kappa shape index (κ2) is 9.23. The SMILES string of the molecule is CC(=O)CNC(=O)CCC(C)C1CCC2C3C(O)CC4CC(O)CCC4(C)C3CC(O)C12C. The smallest absolute Gasteiger partial charge is 0.220 e. The van der Waals surface area contributed by atoms with E-state index < -0.39 is 6.10 Å². The minimum Gasteiger partial charge on any atom is -0.393 e. The zero-order valence-corrected chi connectivity index (χ0v) is 20.9. The van der Waals surface area contributed by atoms with Crippen LogP contribution < -0.4 is 5.32 Å². The molecule has 0 aromatic rings. The Morgan fingerprint density at radius 2 is 1.76 bits per heavy atom. The summed E-state index contributed by atoms with van der Waals surface area (Å²) in [7, 11) is 0. The predicted octanol–water partition coefficient (Wildman–Crippen LogP) is 3.07. The number of hydrogen-bond acceptors (Lipinski definition) is 5. The third-order valence-electron chi connectivity index (χ3n) is 10.9. The minimum absolute atomic E-state index is 0.0446. The third kappa shape index (κ3) is 4.29. The van der Waals surface area contributed by atoms with Crippen molar-refractivity contribution in [3.05, 3.63) is 0 Å². The molecule has 6 heteroatoms. The largest absolute Gasteiger partial charge is 0.393 e. The number of hydrogen-bond donors (Lipinski definition) is 4. The molecule has 4 fully saturated rings. The second-order valence-electron chi connectivity index (χ2n) is 12.5. The van der Waals surface area contributed by atoms with Crippen molar-refractivity contribution < 1.29 is 24.9 Å². The molecule has 0 aromatic carbocycles. The summed E-state index contributed by atoms with van der Waals surface area (Å²) >= 11 is 0. The Kier molecular flexibility index (Phi) is 7.03. The van der Waals surface area contributed by atoms with Gasteiger partial charge in [-0.25, -0.2) is 0 Å². The Bertz CT molecular complexity index is 757. The summed E-state index contributed by atoms with van der Waals surface area (Å²) in [6.45, 7) is 8.36. The van der Waals surface area contributed by atoms with E-state index >= 15 is 0 Å². The summed E-state index contributed by atoms with van der Waals surface area (Å²) in [6.07, 6.45) is 6.29. The fraction of sp³-hybridized carbons (Fsp3) is 0.926. The lowest BCUT2D eigenvalue weighted by Crippen LogP contribution is -2.62. The molecule has 4 aliphatic rings. The van der Waals surface area contributed by atoms with Gasteiger partial charge < -0.3 is 20.6 Å². The maximum atomic E-state index is 12.2. The minimum atomic E-state index is -0.403. The number of ketones is 1. The molecular formula is C27H45NO5. The number of aliphatic hydroxyl groups excluding tert-OH is 3. The van der Waals surface area contributed by atoms with Gasteiger partial charge in [-0.15, -0.1) is 0 Å². The number of aliphatic hydroxyl groups is 3. The summed E-state index contributed by atoms with van der Waals surface area (Å²) < 4.78 is 0. The van der Waals surface area contributed by atoms with E-state index in [2.05, 4.69) is 26.1 Å². The molecule has 33 heavy (non-hydrogen) atoms. The van der Waals surface area contributed by atoms with Crippen molar-refractivity contribution in [3.63, 3.8) is 0 Å². The van der Waals surface area contributed by atoms with Gasteiger partial charge in [0.15, 0.2) is 0 Å². The lowest BCUT2D eigenvalue weighted by Gasteiger charge is -2.63. The van der Waals surface area contributed by atoms with Gasteiger partial charge in [0.2, 0.25) is 5.91 Å². The topological polar surface area (TPSA) is 107 Å². The summed E-state index contributed by atoms with van der Waals surface area (Å²) in [6, 6.07) is 0. The van der Waals surface area contributed by atoms with E-state index in [1.165, 1.54) is 6.92 Å². The number of rotatable bonds is 6. The van der Waals surface area contributed by atoms with E-state index in [1.54, 1.807) is 0 Å². The van der Waals surface area contributed by atoms with Crippen molar-refractivity contribution in [2.75, 3.05) is 6.54 Å². The quantitative estimate of drug-likeness (QED) is 0.484. The van der Waals surface area contributed by atoms with Crippen LogP contribution >= 0.6 is 0 Å². The van der Waals surface area contributed by atoms with Crippen molar-refractivity contribution in [1.82, 2.24) is 5.32 Å². The van der Waals surface area contributed by atoms with Crippen LogP contribution in [0.5, 0.6) is 0 Å². The standard InChI is InChI=1S/C27H45NO5/c1-15(5-8-24(33)28-14-16(2)29)19-6-7-20-25-21(13-23(32)27(19,20)4)26(3)10-9-18(30)11-17(26)12-22(25)31/h15,17-23,25,30-32H,5-14H2,1-4H3,(H,28,33). The lowest BCUT2D eigenvalue weighted by atomic mass is 9.43. The van der Waals surface area contributed by atoms with E-state index in [-0.39, 0.29) is 47.2 Å². The molecule has 0 saturated heterocycles. The number of Topliss-reactive ketones (excluding diaryl/α,β-unsaturated/α-hetero) is 1. The molecule has 4 aliphatic carbocycles. The fourth-order valence-electron chi connectivity index (χ4n) is 9.00. The van der Waals surface area contributed by atoms with Crippen LogP contribution in [0.4, 0.5) is 0 Å². The average molecular weight is 464 g/mol. The molecule has 0 radical (unpaired) electrons. The molecule has 0 aromatic heterocycles. The molecule has 0 bridgehead atoms. The van der Waals surface area contributed by atoms with Gasteiger partial charge in [0.05, 0.1) is 24.9 Å². The summed E-state index contributed by atoms with van der Waals surface area (Å²) in [4.78, 5) is 23.3. The van der Waals surface area contributed by atoms with Crippen LogP contribution in [-0.2, 0) is 9.59 Å². The van der Waals surface area contributed by atoms with Gasteiger partial charge in [-0.1, -0.05) is 20.8 Å². The molecule has 0 aliphatic heterocycles. The first kappa shape index (κ1) is 25.1. The summed E-state index contributed by atoms with van der Waals surface area (Å²) in [5, 5.41) is 35.9. The monoisotopic (exact) mass is 463 g/mol. The van der Waals surface area contributed by atoms with Crippen LogP contribution in [0.25, 0.3) is 0 Å². The van der Waals surface area contributed by atoms with Crippen molar-refractivity contribution in [2.24, 2.45) is 46.3 Å². The fourth-order valence-corrected chi connectivity index (χ4v) is 9.00. The predicted molar refractivity (Wildman–Crippen MR) is 126 cm³/mol. The number of carbonyl (C=O) groups excluding carboxylic acids is 2. The van der Waals surface area contributed by atoms with Gasteiger partial charge in [0.1, 0.15) is 5.78 Å². The van der Waals surface area contributed by atoms with Crippen molar-refractivity contribution >= 4 is 11.7 Å². The van der Waals surface area contributed by atoms with Gasteiger partial charge in [0.25, 0.3) is 0 Å². The molecule has 4 N–H and O–H groups in total. The van der Waals surface area contributed by atoms with E-state index in [0.29, 0.717) is 36.0 Å². The van der Waals surface area contributed by atoms with E-state index in [4.69, 9.17) is 0 Å². The summed E-state index contributed by atoms with van der Waals surface area (Å²) in [5.74, 6) is 1.64. The maximum Gasteiger partial charge on any atom is 0.220 e. The van der Waals surface area contributed by atoms with E-state index in [1.807, 2.05) is 0 Å². The Morgan fingerprint density at radius 1 is 1.03 bits per heavy atom. The zero-order valence-electron chi connectivity index (χ0n) is 20.9. The molecule has 0 heterocycles. The molecule has 188 valence electrons. The average Bonchev–Trinajstić information content (AvgIpc) is 3.11. The van der Waals surface area contributed by atoms with Crippen LogP contribution in [0.3, 0.4) is 0 Å². The molecule has 1 amide bonds. The van der Waals surface area contributed by atoms with E-state index in [0.717, 1.165) is 51.4 Å². The van der Waals surface area contributed by atoms with Crippen molar-refractivity contribution in [2.45, 2.75) is 104 Å². The van der Waals surface area contributed by atoms with Gasteiger partial charge in [-0.2, -0.15) is 0 Å². The van der Waals surface area contributed by atoms with Crippen LogP contribution in [-0.4, -0.2) is 51.9 Å². The third-order valence-corrected chi connectivity index (χ3v) is 10.9. The van der Waals surface area contributed by atoms with Crippen molar-refractivity contribution in [3.8, 4) is 0 Å². The number of fused-ring (bicyclic) bond motifs is 5. The summed E-state index contributed by atoms with van der Waals surface area (Å²) in [5.41, 5.74) is -0.154. The second-order valence-corrected chi connectivity index (χ2v) is 12.5. The first-order valence-electron chi connectivity index (χ1n) is 13.3.